The average molecular weight is 506 g/mol. The zero-order valence-electron chi connectivity index (χ0n) is 20.1. The Morgan fingerprint density at radius 1 is 1.17 bits per heavy atom. The van der Waals surface area contributed by atoms with Crippen molar-refractivity contribution in [3.63, 3.8) is 0 Å². The van der Waals surface area contributed by atoms with Crippen LogP contribution in [0.2, 0.25) is 0 Å². The smallest absolute Gasteiger partial charge is 0.308 e. The number of nitrogens with zero attached hydrogens (tertiary/aromatic N) is 3. The number of hydrogen-bond acceptors (Lipinski definition) is 6. The van der Waals surface area contributed by atoms with Crippen molar-refractivity contribution in [3.05, 3.63) is 83.7 Å². The van der Waals surface area contributed by atoms with Crippen LogP contribution in [0.4, 0.5) is 15.2 Å². The van der Waals surface area contributed by atoms with Gasteiger partial charge in [0.05, 0.1) is 23.2 Å². The second-order valence-electron chi connectivity index (χ2n) is 9.04. The lowest BCUT2D eigenvalue weighted by Crippen LogP contribution is -2.26. The van der Waals surface area contributed by atoms with Crippen molar-refractivity contribution in [1.82, 2.24) is 4.98 Å². The number of methoxy groups -OCH3 is 1. The first-order chi connectivity index (χ1) is 17.5. The lowest BCUT2D eigenvalue weighted by molar-refractivity contribution is -0.140. The van der Waals surface area contributed by atoms with Crippen LogP contribution >= 0.6 is 11.3 Å². The Balaban J connectivity index is 1.39. The molecule has 1 atom stereocenters. The van der Waals surface area contributed by atoms with Gasteiger partial charge in [0, 0.05) is 31.9 Å². The molecular formula is C28H28FN3O3S. The highest BCUT2D eigenvalue weighted by atomic mass is 32.1. The summed E-state index contributed by atoms with van der Waals surface area (Å²) in [6, 6.07) is 21.3. The van der Waals surface area contributed by atoms with Gasteiger partial charge in [0.2, 0.25) is 0 Å². The number of anilines is 2. The van der Waals surface area contributed by atoms with E-state index in [-0.39, 0.29) is 11.7 Å². The predicted octanol–water partition coefficient (Wildman–Crippen LogP) is 5.60. The monoisotopic (exact) mass is 505 g/mol. The molecule has 0 amide bonds. The summed E-state index contributed by atoms with van der Waals surface area (Å²) in [5.74, 6) is -0.495. The van der Waals surface area contributed by atoms with E-state index in [0.29, 0.717) is 36.3 Å². The number of aromatic nitrogens is 1. The number of halogens is 1. The van der Waals surface area contributed by atoms with Gasteiger partial charge < -0.3 is 19.6 Å². The molecule has 1 aromatic heterocycles. The Bertz CT molecular complexity index is 1360. The lowest BCUT2D eigenvalue weighted by Gasteiger charge is -2.24. The van der Waals surface area contributed by atoms with E-state index in [9.17, 15) is 14.3 Å². The molecule has 6 nitrogen and oxygen atoms in total. The number of aliphatic carboxylic acids is 1. The van der Waals surface area contributed by atoms with E-state index >= 15 is 0 Å². The van der Waals surface area contributed by atoms with E-state index in [4.69, 9.17) is 9.72 Å². The second kappa shape index (κ2) is 10.5. The normalized spacial score (nSPS) is 15.4. The van der Waals surface area contributed by atoms with E-state index in [2.05, 4.69) is 34.1 Å². The summed E-state index contributed by atoms with van der Waals surface area (Å²) in [6.45, 7) is 2.58. The van der Waals surface area contributed by atoms with E-state index in [1.165, 1.54) is 23.0 Å². The van der Waals surface area contributed by atoms with Crippen LogP contribution in [0.15, 0.2) is 66.7 Å². The number of ether oxygens (including phenoxy) is 1. The highest BCUT2D eigenvalue weighted by Gasteiger charge is 2.28. The van der Waals surface area contributed by atoms with Crippen molar-refractivity contribution in [1.29, 1.82) is 0 Å². The van der Waals surface area contributed by atoms with Gasteiger partial charge in [0.25, 0.3) is 0 Å². The molecule has 0 saturated carbocycles. The molecule has 1 fully saturated rings. The number of thiazole rings is 1. The Kier molecular flexibility index (Phi) is 7.04. The number of benzene rings is 3. The largest absolute Gasteiger partial charge is 0.497 e. The third-order valence-corrected chi connectivity index (χ3v) is 7.78. The predicted molar refractivity (Wildman–Crippen MR) is 142 cm³/mol. The van der Waals surface area contributed by atoms with Crippen molar-refractivity contribution in [3.8, 4) is 5.75 Å². The lowest BCUT2D eigenvalue weighted by atomic mass is 10.1. The Morgan fingerprint density at radius 3 is 2.69 bits per heavy atom. The molecule has 0 bridgehead atoms. The van der Waals surface area contributed by atoms with Crippen molar-refractivity contribution < 1.29 is 19.0 Å². The molecule has 2 heterocycles. The first-order valence-corrected chi connectivity index (χ1v) is 12.8. The molecule has 1 aliphatic heterocycles. The number of carbonyl (C=O) groups is 1. The van der Waals surface area contributed by atoms with E-state index < -0.39 is 5.97 Å². The average Bonchev–Trinajstić information content (AvgIpc) is 3.56. The summed E-state index contributed by atoms with van der Waals surface area (Å²) >= 11 is 1.37. The molecule has 0 unspecified atom stereocenters. The molecule has 0 radical (unpaired) electrons. The van der Waals surface area contributed by atoms with Crippen LogP contribution in [-0.4, -0.2) is 42.8 Å². The third-order valence-electron chi connectivity index (χ3n) is 6.64. The molecule has 36 heavy (non-hydrogen) atoms. The maximum Gasteiger partial charge on any atom is 0.308 e. The number of carboxylic acids is 1. The minimum atomic E-state index is -0.735. The summed E-state index contributed by atoms with van der Waals surface area (Å²) in [5.41, 5.74) is 3.97. The Labute approximate surface area is 213 Å². The van der Waals surface area contributed by atoms with E-state index in [1.54, 1.807) is 13.2 Å². The van der Waals surface area contributed by atoms with Crippen LogP contribution in [0, 0.1) is 11.7 Å². The number of hydrogen-bond donors (Lipinski definition) is 1. The minimum absolute atomic E-state index is 0.254. The zero-order valence-corrected chi connectivity index (χ0v) is 20.9. The van der Waals surface area contributed by atoms with Crippen LogP contribution in [0.1, 0.15) is 17.5 Å². The molecular weight excluding hydrogens is 477 g/mol. The van der Waals surface area contributed by atoms with Crippen molar-refractivity contribution in [2.45, 2.75) is 19.4 Å². The highest BCUT2D eigenvalue weighted by molar-refractivity contribution is 7.22. The first-order valence-electron chi connectivity index (χ1n) is 12.0. The van der Waals surface area contributed by atoms with Gasteiger partial charge in [-0.2, -0.15) is 0 Å². The van der Waals surface area contributed by atoms with Gasteiger partial charge in [0.1, 0.15) is 11.6 Å². The topological polar surface area (TPSA) is 65.9 Å². The number of carboxylic acid groups (broad SMARTS) is 1. The molecule has 5 rings (SSSR count). The minimum Gasteiger partial charge on any atom is -0.497 e. The third kappa shape index (κ3) is 5.28. The summed E-state index contributed by atoms with van der Waals surface area (Å²) in [6.07, 6.45) is 1.46. The van der Waals surface area contributed by atoms with Crippen LogP contribution in [0.3, 0.4) is 0 Å². The quantitative estimate of drug-likeness (QED) is 0.319. The maximum atomic E-state index is 14.4. The fourth-order valence-corrected chi connectivity index (χ4v) is 5.60. The van der Waals surface area contributed by atoms with Crippen LogP contribution in [0.5, 0.6) is 5.75 Å². The van der Waals surface area contributed by atoms with Crippen molar-refractivity contribution in [2.24, 2.45) is 5.92 Å². The molecule has 3 aromatic carbocycles. The Morgan fingerprint density at radius 2 is 1.97 bits per heavy atom. The summed E-state index contributed by atoms with van der Waals surface area (Å²) in [7, 11) is 1.65. The van der Waals surface area contributed by atoms with Gasteiger partial charge in [0.15, 0.2) is 5.13 Å². The fourth-order valence-electron chi connectivity index (χ4n) is 4.61. The van der Waals surface area contributed by atoms with Crippen molar-refractivity contribution in [2.75, 3.05) is 36.5 Å². The van der Waals surface area contributed by atoms with Crippen LogP contribution < -0.4 is 14.5 Å². The van der Waals surface area contributed by atoms with Gasteiger partial charge >= 0.3 is 5.97 Å². The number of rotatable bonds is 9. The molecule has 1 aliphatic rings. The van der Waals surface area contributed by atoms with Gasteiger partial charge in [-0.05, 0) is 60.4 Å². The summed E-state index contributed by atoms with van der Waals surface area (Å²) in [5, 5.41) is 10.1. The maximum absolute atomic E-state index is 14.4. The van der Waals surface area contributed by atoms with Gasteiger partial charge in [-0.25, -0.2) is 9.37 Å². The molecule has 0 spiro atoms. The van der Waals surface area contributed by atoms with Crippen LogP contribution in [-0.2, 0) is 17.8 Å². The molecule has 8 heteroatoms. The SMILES string of the molecule is COc1ccc(CCN(Cc2cccc(N3CC[C@@H](C(=O)O)C3)c2)c2nc3cccc(F)c3s2)cc1. The molecule has 4 aromatic rings. The zero-order chi connectivity index (χ0) is 25.1. The molecule has 1 saturated heterocycles. The first kappa shape index (κ1) is 24.1. The summed E-state index contributed by atoms with van der Waals surface area (Å²) in [4.78, 5) is 20.5. The van der Waals surface area contributed by atoms with Gasteiger partial charge in [-0.15, -0.1) is 0 Å². The van der Waals surface area contributed by atoms with Gasteiger partial charge in [-0.3, -0.25) is 4.79 Å². The number of fused-ring (bicyclic) bond motifs is 1. The van der Waals surface area contributed by atoms with Gasteiger partial charge in [-0.1, -0.05) is 41.7 Å². The highest BCUT2D eigenvalue weighted by Crippen LogP contribution is 2.32. The Hall–Kier alpha value is -3.65. The van der Waals surface area contributed by atoms with E-state index in [1.807, 2.05) is 30.3 Å². The van der Waals surface area contributed by atoms with Crippen molar-refractivity contribution >= 4 is 38.3 Å². The molecule has 0 aliphatic carbocycles. The fraction of sp³-hybridized carbons (Fsp3) is 0.286. The van der Waals surface area contributed by atoms with Crippen LogP contribution in [0.25, 0.3) is 10.2 Å². The van der Waals surface area contributed by atoms with E-state index in [0.717, 1.165) is 35.1 Å². The molecule has 186 valence electrons. The molecule has 1 N–H and O–H groups in total. The summed E-state index contributed by atoms with van der Waals surface area (Å²) < 4.78 is 20.3. The second-order valence-corrected chi connectivity index (χ2v) is 10.0. The standard InChI is InChI=1S/C28H28FN3O3S/c1-35-23-10-8-19(9-11-23)12-14-32(28-30-25-7-3-6-24(29)26(25)36-28)17-20-4-2-5-22(16-20)31-15-13-21(18-31)27(33)34/h2-11,16,21H,12-15,17-18H2,1H3,(H,33,34)/t21-/m1/s1.